The van der Waals surface area contributed by atoms with Crippen molar-refractivity contribution < 1.29 is 29.3 Å². The Morgan fingerprint density at radius 2 is 1.63 bits per heavy atom. The molecule has 184 valence electrons. The van der Waals surface area contributed by atoms with E-state index < -0.39 is 29.6 Å². The normalized spacial score (nSPS) is 22.8. The smallest absolute Gasteiger partial charge is 0.407 e. The Hall–Kier alpha value is -3.39. The summed E-state index contributed by atoms with van der Waals surface area (Å²) in [6, 6.07) is 16.2. The molecule has 2 amide bonds. The van der Waals surface area contributed by atoms with E-state index in [0.29, 0.717) is 6.42 Å². The first-order valence-corrected chi connectivity index (χ1v) is 12.0. The topological polar surface area (TPSA) is 125 Å². The zero-order chi connectivity index (χ0) is 24.8. The molecule has 0 bridgehead atoms. The molecule has 2 atom stereocenters. The fourth-order valence-corrected chi connectivity index (χ4v) is 5.81. The minimum absolute atomic E-state index is 0.0532. The molecule has 4 N–H and O–H groups in total. The van der Waals surface area contributed by atoms with Gasteiger partial charge in [0.15, 0.2) is 5.60 Å². The lowest BCUT2D eigenvalue weighted by molar-refractivity contribution is -0.156. The molecule has 3 aliphatic carbocycles. The lowest BCUT2D eigenvalue weighted by Gasteiger charge is -2.33. The maximum absolute atomic E-state index is 13.1. The fraction of sp³-hybridized carbons (Fsp3) is 0.444. The number of ether oxygens (including phenoxy) is 1. The van der Waals surface area contributed by atoms with Crippen molar-refractivity contribution in [2.45, 2.75) is 44.1 Å². The Morgan fingerprint density at radius 1 is 1.03 bits per heavy atom. The second kappa shape index (κ2) is 8.37. The predicted octanol–water partition coefficient (Wildman–Crippen LogP) is 3.04. The minimum Gasteiger partial charge on any atom is -0.479 e. The van der Waals surface area contributed by atoms with Crippen LogP contribution >= 0.6 is 0 Å². The maximum atomic E-state index is 13.1. The van der Waals surface area contributed by atoms with E-state index in [0.717, 1.165) is 48.4 Å². The molecule has 2 aromatic carbocycles. The van der Waals surface area contributed by atoms with Crippen LogP contribution in [-0.4, -0.2) is 53.5 Å². The highest BCUT2D eigenvalue weighted by atomic mass is 16.5. The summed E-state index contributed by atoms with van der Waals surface area (Å²) >= 11 is 0. The predicted molar refractivity (Wildman–Crippen MR) is 128 cm³/mol. The molecule has 0 heterocycles. The van der Waals surface area contributed by atoms with Gasteiger partial charge in [-0.15, -0.1) is 0 Å². The SMILES string of the molecule is CC(O)(CNC(=O)C1(CNC(=O)OCC2c3ccccc3-c3ccccc32)CC12CCC2)C(=O)O. The number of carboxylic acids is 1. The van der Waals surface area contributed by atoms with E-state index in [1.54, 1.807) is 0 Å². The number of carboxylic acid groups (broad SMARTS) is 1. The third kappa shape index (κ3) is 3.86. The van der Waals surface area contributed by atoms with E-state index >= 15 is 0 Å². The number of fused-ring (bicyclic) bond motifs is 3. The van der Waals surface area contributed by atoms with Gasteiger partial charge < -0.3 is 25.6 Å². The number of hydrogen-bond donors (Lipinski definition) is 4. The molecule has 0 radical (unpaired) electrons. The molecule has 0 aromatic heterocycles. The first-order chi connectivity index (χ1) is 16.7. The number of aliphatic carboxylic acids is 1. The number of aliphatic hydroxyl groups is 1. The summed E-state index contributed by atoms with van der Waals surface area (Å²) in [5.41, 5.74) is 1.52. The molecule has 0 saturated heterocycles. The lowest BCUT2D eigenvalue weighted by atomic mass is 9.74. The highest BCUT2D eigenvalue weighted by molar-refractivity contribution is 5.89. The van der Waals surface area contributed by atoms with Gasteiger partial charge in [0.25, 0.3) is 0 Å². The number of rotatable bonds is 8. The van der Waals surface area contributed by atoms with Crippen molar-refractivity contribution in [3.05, 3.63) is 59.7 Å². The Balaban J connectivity index is 1.21. The Labute approximate surface area is 203 Å². The van der Waals surface area contributed by atoms with Crippen LogP contribution in [0.4, 0.5) is 4.79 Å². The lowest BCUT2D eigenvalue weighted by Crippen LogP contribution is -2.51. The van der Waals surface area contributed by atoms with Gasteiger partial charge in [-0.2, -0.15) is 0 Å². The van der Waals surface area contributed by atoms with Gasteiger partial charge in [-0.1, -0.05) is 55.0 Å². The number of alkyl carbamates (subject to hydrolysis) is 1. The van der Waals surface area contributed by atoms with Crippen molar-refractivity contribution >= 4 is 18.0 Å². The summed E-state index contributed by atoms with van der Waals surface area (Å²) < 4.78 is 5.61. The third-order valence-corrected chi connectivity index (χ3v) is 8.21. The molecule has 0 aliphatic heterocycles. The summed E-state index contributed by atoms with van der Waals surface area (Å²) in [4.78, 5) is 36.9. The minimum atomic E-state index is -2.06. The van der Waals surface area contributed by atoms with Crippen molar-refractivity contribution in [1.82, 2.24) is 10.6 Å². The van der Waals surface area contributed by atoms with Gasteiger partial charge in [0.2, 0.25) is 5.91 Å². The van der Waals surface area contributed by atoms with Gasteiger partial charge in [-0.3, -0.25) is 4.79 Å². The van der Waals surface area contributed by atoms with Gasteiger partial charge in [0.1, 0.15) is 6.61 Å². The van der Waals surface area contributed by atoms with E-state index in [1.165, 1.54) is 0 Å². The van der Waals surface area contributed by atoms with Gasteiger partial charge in [0, 0.05) is 12.5 Å². The molecule has 8 nitrogen and oxygen atoms in total. The molecule has 2 aromatic rings. The largest absolute Gasteiger partial charge is 0.479 e. The molecule has 5 rings (SSSR count). The number of benzene rings is 2. The first kappa shape index (κ1) is 23.4. The van der Waals surface area contributed by atoms with Gasteiger partial charge in [0.05, 0.1) is 12.0 Å². The summed E-state index contributed by atoms with van der Waals surface area (Å²) in [5, 5.41) is 24.4. The summed E-state index contributed by atoms with van der Waals surface area (Å²) in [7, 11) is 0. The number of nitrogens with one attached hydrogen (secondary N) is 2. The average Bonchev–Trinajstić information content (AvgIpc) is 3.44. The molecule has 1 spiro atoms. The fourth-order valence-electron chi connectivity index (χ4n) is 5.81. The van der Waals surface area contributed by atoms with Crippen molar-refractivity contribution in [1.29, 1.82) is 0 Å². The highest BCUT2D eigenvalue weighted by Crippen LogP contribution is 2.73. The van der Waals surface area contributed by atoms with E-state index in [2.05, 4.69) is 34.9 Å². The zero-order valence-electron chi connectivity index (χ0n) is 19.7. The third-order valence-electron chi connectivity index (χ3n) is 8.21. The molecule has 2 unspecified atom stereocenters. The van der Waals surface area contributed by atoms with Crippen LogP contribution in [0.1, 0.15) is 49.7 Å². The van der Waals surface area contributed by atoms with Crippen LogP contribution in [-0.2, 0) is 14.3 Å². The summed E-state index contributed by atoms with van der Waals surface area (Å²) in [6.07, 6.45) is 2.85. The van der Waals surface area contributed by atoms with Crippen LogP contribution in [0.25, 0.3) is 11.1 Å². The van der Waals surface area contributed by atoms with E-state index in [-0.39, 0.29) is 30.4 Å². The molecular weight excluding hydrogens is 448 g/mol. The average molecular weight is 479 g/mol. The number of carbonyl (C=O) groups excluding carboxylic acids is 2. The highest BCUT2D eigenvalue weighted by Gasteiger charge is 2.73. The van der Waals surface area contributed by atoms with Crippen LogP contribution in [0, 0.1) is 10.8 Å². The first-order valence-electron chi connectivity index (χ1n) is 12.0. The second-order valence-electron chi connectivity index (χ2n) is 10.3. The van der Waals surface area contributed by atoms with Crippen LogP contribution in [0.15, 0.2) is 48.5 Å². The molecule has 3 aliphatic rings. The van der Waals surface area contributed by atoms with Crippen molar-refractivity contribution in [3.8, 4) is 11.1 Å². The van der Waals surface area contributed by atoms with E-state index in [4.69, 9.17) is 9.84 Å². The Morgan fingerprint density at radius 3 is 2.14 bits per heavy atom. The number of amides is 2. The van der Waals surface area contributed by atoms with E-state index in [1.807, 2.05) is 24.3 Å². The molecule has 35 heavy (non-hydrogen) atoms. The van der Waals surface area contributed by atoms with Gasteiger partial charge in [-0.05, 0) is 53.9 Å². The molecule has 2 fully saturated rings. The van der Waals surface area contributed by atoms with Crippen LogP contribution in [0.5, 0.6) is 0 Å². The van der Waals surface area contributed by atoms with E-state index in [9.17, 15) is 19.5 Å². The monoisotopic (exact) mass is 478 g/mol. The van der Waals surface area contributed by atoms with Crippen LogP contribution in [0.2, 0.25) is 0 Å². The summed E-state index contributed by atoms with van der Waals surface area (Å²) in [6.45, 7) is 1.05. The second-order valence-corrected chi connectivity index (χ2v) is 10.3. The molecule has 8 heteroatoms. The number of carbonyl (C=O) groups is 3. The van der Waals surface area contributed by atoms with Crippen LogP contribution in [0.3, 0.4) is 0 Å². The Kier molecular flexibility index (Phi) is 5.59. The standard InChI is InChI=1S/C27H30N2O6/c1-25(34,23(31)32)15-28-22(30)27(14-26(27)11-6-12-26)16-29-24(33)35-13-21-19-9-4-2-7-17(19)18-8-3-5-10-20(18)21/h2-5,7-10,21,34H,6,11-16H2,1H3,(H,28,30)(H,29,33)(H,31,32). The Bertz CT molecular complexity index is 1140. The summed E-state index contributed by atoms with van der Waals surface area (Å²) in [5.74, 6) is -1.79. The van der Waals surface area contributed by atoms with Crippen molar-refractivity contribution in [2.75, 3.05) is 19.7 Å². The van der Waals surface area contributed by atoms with Crippen molar-refractivity contribution in [3.63, 3.8) is 0 Å². The molecular formula is C27H30N2O6. The quantitative estimate of drug-likeness (QED) is 0.462. The zero-order valence-corrected chi connectivity index (χ0v) is 19.7. The van der Waals surface area contributed by atoms with Gasteiger partial charge >= 0.3 is 12.1 Å². The molecule has 2 saturated carbocycles. The van der Waals surface area contributed by atoms with Gasteiger partial charge in [-0.25, -0.2) is 9.59 Å². The maximum Gasteiger partial charge on any atom is 0.407 e. The number of hydrogen-bond acceptors (Lipinski definition) is 5. The van der Waals surface area contributed by atoms with Crippen LogP contribution < -0.4 is 10.6 Å². The van der Waals surface area contributed by atoms with Crippen molar-refractivity contribution in [2.24, 2.45) is 10.8 Å².